The Morgan fingerprint density at radius 1 is 1.00 bits per heavy atom. The first-order valence-electron chi connectivity index (χ1n) is 6.71. The van der Waals surface area contributed by atoms with Gasteiger partial charge in [-0.1, -0.05) is 43.7 Å². The van der Waals surface area contributed by atoms with E-state index in [4.69, 9.17) is 4.74 Å². The van der Waals surface area contributed by atoms with Crippen LogP contribution in [0.1, 0.15) is 36.5 Å². The van der Waals surface area contributed by atoms with E-state index in [9.17, 15) is 8.78 Å². The summed E-state index contributed by atoms with van der Waals surface area (Å²) in [6.07, 6.45) is -3.27. The minimum absolute atomic E-state index is 0.0534. The summed E-state index contributed by atoms with van der Waals surface area (Å²) in [5.74, 6) is 0.537. The highest BCUT2D eigenvalue weighted by Crippen LogP contribution is 2.47. The fraction of sp³-hybridized carbons (Fsp3) is 0.294. The second-order valence-electron chi connectivity index (χ2n) is 5.58. The molecule has 0 unspecified atom stereocenters. The average molecular weight is 274 g/mol. The molecule has 0 bridgehead atoms. The van der Waals surface area contributed by atoms with Gasteiger partial charge in [-0.2, -0.15) is 8.78 Å². The van der Waals surface area contributed by atoms with Crippen molar-refractivity contribution in [2.45, 2.75) is 32.8 Å². The number of hydrogen-bond donors (Lipinski definition) is 0. The Kier molecular flexibility index (Phi) is 2.82. The third-order valence-corrected chi connectivity index (χ3v) is 3.69. The van der Waals surface area contributed by atoms with Gasteiger partial charge in [0, 0.05) is 5.56 Å². The number of fused-ring (bicyclic) bond motifs is 3. The van der Waals surface area contributed by atoms with Crippen LogP contribution < -0.4 is 4.74 Å². The maximum Gasteiger partial charge on any atom is 0.427 e. The molecule has 1 nitrogen and oxygen atoms in total. The SMILES string of the molecule is Cc1ccc2c(c1)C(F)(F)Oc1cc(C(C)C)ccc1-2. The first-order valence-corrected chi connectivity index (χ1v) is 6.71. The van der Waals surface area contributed by atoms with Crippen molar-refractivity contribution < 1.29 is 13.5 Å². The smallest absolute Gasteiger partial charge is 0.427 e. The molecule has 1 aliphatic rings. The van der Waals surface area contributed by atoms with Crippen LogP contribution in [0.15, 0.2) is 36.4 Å². The van der Waals surface area contributed by atoms with Crippen molar-refractivity contribution in [1.29, 1.82) is 0 Å². The molecule has 1 aliphatic heterocycles. The summed E-state index contributed by atoms with van der Waals surface area (Å²) < 4.78 is 33.3. The van der Waals surface area contributed by atoms with Crippen LogP contribution in [0.25, 0.3) is 11.1 Å². The minimum atomic E-state index is -3.27. The van der Waals surface area contributed by atoms with Crippen LogP contribution in [0.3, 0.4) is 0 Å². The molecule has 0 atom stereocenters. The number of benzene rings is 2. The Hall–Kier alpha value is -1.90. The quantitative estimate of drug-likeness (QED) is 0.692. The summed E-state index contributed by atoms with van der Waals surface area (Å²) in [5.41, 5.74) is 3.03. The number of aryl methyl sites for hydroxylation is 1. The molecule has 3 heteroatoms. The van der Waals surface area contributed by atoms with Gasteiger partial charge < -0.3 is 4.74 Å². The normalized spacial score (nSPS) is 15.5. The Morgan fingerprint density at radius 2 is 1.70 bits per heavy atom. The average Bonchev–Trinajstić information content (AvgIpc) is 2.37. The predicted molar refractivity (Wildman–Crippen MR) is 75.2 cm³/mol. The van der Waals surface area contributed by atoms with E-state index in [1.54, 1.807) is 19.1 Å². The maximum absolute atomic E-state index is 14.2. The van der Waals surface area contributed by atoms with Gasteiger partial charge in [-0.05, 0) is 36.1 Å². The molecule has 0 spiro atoms. The highest BCUT2D eigenvalue weighted by Gasteiger charge is 2.41. The Labute approximate surface area is 117 Å². The summed E-state index contributed by atoms with van der Waals surface area (Å²) in [4.78, 5) is 0. The lowest BCUT2D eigenvalue weighted by Crippen LogP contribution is -2.26. The van der Waals surface area contributed by atoms with E-state index in [-0.39, 0.29) is 17.2 Å². The predicted octanol–water partition coefficient (Wildman–Crippen LogP) is 5.23. The van der Waals surface area contributed by atoms with Crippen molar-refractivity contribution in [3.05, 3.63) is 53.1 Å². The molecular formula is C17H16F2O. The number of hydrogen-bond acceptors (Lipinski definition) is 1. The fourth-order valence-electron chi connectivity index (χ4n) is 2.53. The molecule has 0 amide bonds. The second-order valence-corrected chi connectivity index (χ2v) is 5.58. The van der Waals surface area contributed by atoms with E-state index in [0.29, 0.717) is 5.56 Å². The van der Waals surface area contributed by atoms with Crippen LogP contribution in [0, 0.1) is 6.92 Å². The molecule has 0 fully saturated rings. The lowest BCUT2D eigenvalue weighted by molar-refractivity contribution is -0.187. The van der Waals surface area contributed by atoms with E-state index in [2.05, 4.69) is 0 Å². The standard InChI is InChI=1S/C17H16F2O/c1-10(2)12-5-7-14-13-6-4-11(3)8-15(13)17(18,19)20-16(14)9-12/h4-10H,1-3H3. The molecule has 20 heavy (non-hydrogen) atoms. The Morgan fingerprint density at radius 3 is 2.40 bits per heavy atom. The van der Waals surface area contributed by atoms with Crippen LogP contribution >= 0.6 is 0 Å². The number of halogens is 2. The van der Waals surface area contributed by atoms with Crippen LogP contribution in [0.2, 0.25) is 0 Å². The largest absolute Gasteiger partial charge is 0.428 e. The zero-order valence-corrected chi connectivity index (χ0v) is 11.7. The minimum Gasteiger partial charge on any atom is -0.428 e. The van der Waals surface area contributed by atoms with Gasteiger partial charge in [0.1, 0.15) is 5.75 Å². The second kappa shape index (κ2) is 4.30. The fourth-order valence-corrected chi connectivity index (χ4v) is 2.53. The lowest BCUT2D eigenvalue weighted by Gasteiger charge is -2.28. The van der Waals surface area contributed by atoms with Gasteiger partial charge >= 0.3 is 6.11 Å². The van der Waals surface area contributed by atoms with Gasteiger partial charge in [-0.15, -0.1) is 0 Å². The summed E-state index contributed by atoms with van der Waals surface area (Å²) >= 11 is 0. The van der Waals surface area contributed by atoms with Crippen molar-refractivity contribution in [2.24, 2.45) is 0 Å². The van der Waals surface area contributed by atoms with Gasteiger partial charge in [-0.25, -0.2) is 0 Å². The maximum atomic E-state index is 14.2. The van der Waals surface area contributed by atoms with Gasteiger partial charge in [0.25, 0.3) is 0 Å². The zero-order chi connectivity index (χ0) is 14.5. The molecule has 1 heterocycles. The molecule has 3 rings (SSSR count). The number of rotatable bonds is 1. The molecule has 104 valence electrons. The van der Waals surface area contributed by atoms with E-state index in [0.717, 1.165) is 16.7 Å². The summed E-state index contributed by atoms with van der Waals surface area (Å²) in [6, 6.07) is 10.6. The van der Waals surface area contributed by atoms with Crippen molar-refractivity contribution in [1.82, 2.24) is 0 Å². The van der Waals surface area contributed by atoms with Crippen molar-refractivity contribution >= 4 is 0 Å². The van der Waals surface area contributed by atoms with Crippen molar-refractivity contribution in [2.75, 3.05) is 0 Å². The molecule has 2 aromatic rings. The monoisotopic (exact) mass is 274 g/mol. The van der Waals surface area contributed by atoms with Crippen molar-refractivity contribution in [3.8, 4) is 16.9 Å². The summed E-state index contributed by atoms with van der Waals surface area (Å²) in [6.45, 7) is 5.85. The molecule has 0 aromatic heterocycles. The van der Waals surface area contributed by atoms with E-state index >= 15 is 0 Å². The summed E-state index contributed by atoms with van der Waals surface area (Å²) in [7, 11) is 0. The molecule has 2 aromatic carbocycles. The molecule has 0 saturated carbocycles. The molecule has 0 N–H and O–H groups in total. The van der Waals surface area contributed by atoms with E-state index in [1.807, 2.05) is 32.0 Å². The first-order chi connectivity index (χ1) is 9.38. The molecular weight excluding hydrogens is 258 g/mol. The lowest BCUT2D eigenvalue weighted by atomic mass is 9.92. The van der Waals surface area contributed by atoms with Crippen LogP contribution in [-0.2, 0) is 6.11 Å². The molecule has 0 saturated heterocycles. The van der Waals surface area contributed by atoms with E-state index in [1.165, 1.54) is 6.07 Å². The number of ether oxygens (including phenoxy) is 1. The third-order valence-electron chi connectivity index (χ3n) is 3.69. The third kappa shape index (κ3) is 1.98. The highest BCUT2D eigenvalue weighted by atomic mass is 19.3. The van der Waals surface area contributed by atoms with Crippen LogP contribution in [0.4, 0.5) is 8.78 Å². The first kappa shape index (κ1) is 13.1. The Bertz CT molecular complexity index is 675. The van der Waals surface area contributed by atoms with Crippen LogP contribution in [0.5, 0.6) is 5.75 Å². The van der Waals surface area contributed by atoms with Gasteiger partial charge in [0.2, 0.25) is 0 Å². The van der Waals surface area contributed by atoms with Crippen LogP contribution in [-0.4, -0.2) is 0 Å². The molecule has 0 aliphatic carbocycles. The Balaban J connectivity index is 2.23. The van der Waals surface area contributed by atoms with Gasteiger partial charge in [0.15, 0.2) is 0 Å². The molecule has 0 radical (unpaired) electrons. The zero-order valence-electron chi connectivity index (χ0n) is 11.7. The summed E-state index contributed by atoms with van der Waals surface area (Å²) in [5, 5.41) is 0. The highest BCUT2D eigenvalue weighted by molar-refractivity contribution is 5.76. The van der Waals surface area contributed by atoms with Crippen molar-refractivity contribution in [3.63, 3.8) is 0 Å². The van der Waals surface area contributed by atoms with Gasteiger partial charge in [0.05, 0.1) is 5.56 Å². The van der Waals surface area contributed by atoms with Gasteiger partial charge in [-0.3, -0.25) is 0 Å². The number of alkyl halides is 2. The topological polar surface area (TPSA) is 9.23 Å². The van der Waals surface area contributed by atoms with E-state index < -0.39 is 6.11 Å².